The van der Waals surface area contributed by atoms with Crippen molar-refractivity contribution in [3.05, 3.63) is 65.5 Å². The Morgan fingerprint density at radius 2 is 1.72 bits per heavy atom. The second kappa shape index (κ2) is 9.21. The first-order valence-corrected chi connectivity index (χ1v) is 8.65. The number of methoxy groups -OCH3 is 1. The van der Waals surface area contributed by atoms with Gasteiger partial charge in [-0.3, -0.25) is 4.79 Å². The SMILES string of the molecule is COc1ccc(C(CC(C)C)NC(=O)CCc2ccc(F)cc2)cc1. The van der Waals surface area contributed by atoms with Crippen LogP contribution in [0.4, 0.5) is 4.39 Å². The zero-order chi connectivity index (χ0) is 18.2. The average Bonchev–Trinajstić information content (AvgIpc) is 2.60. The van der Waals surface area contributed by atoms with Gasteiger partial charge in [-0.05, 0) is 54.2 Å². The zero-order valence-electron chi connectivity index (χ0n) is 15.1. The summed E-state index contributed by atoms with van der Waals surface area (Å²) >= 11 is 0. The maximum atomic E-state index is 12.9. The van der Waals surface area contributed by atoms with Crippen molar-refractivity contribution in [1.29, 1.82) is 0 Å². The van der Waals surface area contributed by atoms with Crippen molar-refractivity contribution in [2.24, 2.45) is 5.92 Å². The second-order valence-electron chi connectivity index (χ2n) is 6.65. The molecule has 0 fully saturated rings. The van der Waals surface area contributed by atoms with E-state index in [9.17, 15) is 9.18 Å². The molecule has 0 spiro atoms. The molecule has 0 heterocycles. The Bertz CT molecular complexity index is 665. The van der Waals surface area contributed by atoms with Gasteiger partial charge >= 0.3 is 0 Å². The quantitative estimate of drug-likeness (QED) is 0.756. The number of hydrogen-bond acceptors (Lipinski definition) is 2. The number of halogens is 1. The number of ether oxygens (including phenoxy) is 1. The van der Waals surface area contributed by atoms with Crippen LogP contribution in [0.25, 0.3) is 0 Å². The molecule has 25 heavy (non-hydrogen) atoms. The van der Waals surface area contributed by atoms with Crippen LogP contribution in [0.2, 0.25) is 0 Å². The van der Waals surface area contributed by atoms with E-state index in [0.717, 1.165) is 23.3 Å². The van der Waals surface area contributed by atoms with Gasteiger partial charge in [0.2, 0.25) is 5.91 Å². The number of nitrogens with one attached hydrogen (secondary N) is 1. The molecule has 0 aliphatic carbocycles. The molecule has 1 atom stereocenters. The summed E-state index contributed by atoms with van der Waals surface area (Å²) in [4.78, 5) is 12.4. The summed E-state index contributed by atoms with van der Waals surface area (Å²) in [6.07, 6.45) is 1.86. The summed E-state index contributed by atoms with van der Waals surface area (Å²) in [5.74, 6) is 1.01. The van der Waals surface area contributed by atoms with Crippen molar-refractivity contribution >= 4 is 5.91 Å². The smallest absolute Gasteiger partial charge is 0.220 e. The fourth-order valence-corrected chi connectivity index (χ4v) is 2.76. The van der Waals surface area contributed by atoms with Gasteiger partial charge in [0.15, 0.2) is 0 Å². The number of aryl methyl sites for hydroxylation is 1. The second-order valence-corrected chi connectivity index (χ2v) is 6.65. The zero-order valence-corrected chi connectivity index (χ0v) is 15.1. The van der Waals surface area contributed by atoms with E-state index in [0.29, 0.717) is 18.8 Å². The summed E-state index contributed by atoms with van der Waals surface area (Å²) in [5, 5.41) is 3.13. The van der Waals surface area contributed by atoms with Crippen LogP contribution < -0.4 is 10.1 Å². The highest BCUT2D eigenvalue weighted by Crippen LogP contribution is 2.23. The lowest BCUT2D eigenvalue weighted by atomic mass is 9.96. The largest absolute Gasteiger partial charge is 0.497 e. The molecule has 3 nitrogen and oxygen atoms in total. The minimum Gasteiger partial charge on any atom is -0.497 e. The minimum atomic E-state index is -0.260. The van der Waals surface area contributed by atoms with Gasteiger partial charge in [-0.1, -0.05) is 38.1 Å². The third kappa shape index (κ3) is 6.22. The molecule has 1 unspecified atom stereocenters. The number of amides is 1. The highest BCUT2D eigenvalue weighted by molar-refractivity contribution is 5.76. The van der Waals surface area contributed by atoms with Crippen molar-refractivity contribution in [2.75, 3.05) is 7.11 Å². The molecule has 2 rings (SSSR count). The first-order chi connectivity index (χ1) is 12.0. The molecule has 0 aliphatic rings. The standard InChI is InChI=1S/C21H26FNO2/c1-15(2)14-20(17-7-11-19(25-3)12-8-17)23-21(24)13-6-16-4-9-18(22)10-5-16/h4-5,7-12,15,20H,6,13-14H2,1-3H3,(H,23,24). The van der Waals surface area contributed by atoms with Gasteiger partial charge in [0, 0.05) is 6.42 Å². The molecule has 0 aromatic heterocycles. The van der Waals surface area contributed by atoms with Crippen molar-refractivity contribution in [3.8, 4) is 5.75 Å². The number of benzene rings is 2. The third-order valence-electron chi connectivity index (χ3n) is 4.11. The van der Waals surface area contributed by atoms with Gasteiger partial charge in [-0.25, -0.2) is 4.39 Å². The lowest BCUT2D eigenvalue weighted by Crippen LogP contribution is -2.29. The predicted molar refractivity (Wildman–Crippen MR) is 98.1 cm³/mol. The number of rotatable bonds is 8. The van der Waals surface area contributed by atoms with E-state index in [1.165, 1.54) is 12.1 Å². The molecule has 2 aromatic rings. The Kier molecular flexibility index (Phi) is 6.99. The molecule has 2 aromatic carbocycles. The Morgan fingerprint density at radius 3 is 2.28 bits per heavy atom. The first-order valence-electron chi connectivity index (χ1n) is 8.65. The van der Waals surface area contributed by atoms with Crippen LogP contribution in [0.15, 0.2) is 48.5 Å². The van der Waals surface area contributed by atoms with Crippen LogP contribution in [0.3, 0.4) is 0 Å². The average molecular weight is 343 g/mol. The van der Waals surface area contributed by atoms with E-state index in [1.54, 1.807) is 19.2 Å². The maximum Gasteiger partial charge on any atom is 0.220 e. The van der Waals surface area contributed by atoms with Crippen LogP contribution in [0.5, 0.6) is 5.75 Å². The van der Waals surface area contributed by atoms with E-state index in [-0.39, 0.29) is 17.8 Å². The maximum absolute atomic E-state index is 12.9. The van der Waals surface area contributed by atoms with Crippen molar-refractivity contribution in [1.82, 2.24) is 5.32 Å². The summed E-state index contributed by atoms with van der Waals surface area (Å²) in [5.41, 5.74) is 2.03. The molecule has 4 heteroatoms. The Hall–Kier alpha value is -2.36. The van der Waals surface area contributed by atoms with Gasteiger partial charge < -0.3 is 10.1 Å². The van der Waals surface area contributed by atoms with Gasteiger partial charge in [-0.2, -0.15) is 0 Å². The molecular weight excluding hydrogens is 317 g/mol. The molecule has 1 amide bonds. The lowest BCUT2D eigenvalue weighted by molar-refractivity contribution is -0.121. The number of hydrogen-bond donors (Lipinski definition) is 1. The van der Waals surface area contributed by atoms with Crippen molar-refractivity contribution in [3.63, 3.8) is 0 Å². The van der Waals surface area contributed by atoms with Crippen LogP contribution in [0.1, 0.15) is 43.9 Å². The minimum absolute atomic E-state index is 0.00536. The van der Waals surface area contributed by atoms with E-state index >= 15 is 0 Å². The van der Waals surface area contributed by atoms with Gasteiger partial charge in [0.05, 0.1) is 13.2 Å². The van der Waals surface area contributed by atoms with Crippen LogP contribution in [0, 0.1) is 11.7 Å². The van der Waals surface area contributed by atoms with E-state index < -0.39 is 0 Å². The van der Waals surface area contributed by atoms with E-state index in [4.69, 9.17) is 4.74 Å². The molecule has 1 N–H and O–H groups in total. The number of carbonyl (C=O) groups excluding carboxylic acids is 1. The van der Waals surface area contributed by atoms with Crippen molar-refractivity contribution < 1.29 is 13.9 Å². The summed E-state index contributed by atoms with van der Waals surface area (Å²) in [6.45, 7) is 4.28. The highest BCUT2D eigenvalue weighted by Gasteiger charge is 2.16. The topological polar surface area (TPSA) is 38.3 Å². The summed E-state index contributed by atoms with van der Waals surface area (Å²) < 4.78 is 18.1. The molecular formula is C21H26FNO2. The van der Waals surface area contributed by atoms with E-state index in [2.05, 4.69) is 19.2 Å². The fraction of sp³-hybridized carbons (Fsp3) is 0.381. The molecule has 0 saturated heterocycles. The predicted octanol–water partition coefficient (Wildman–Crippen LogP) is 4.67. The normalized spacial score (nSPS) is 12.0. The highest BCUT2D eigenvalue weighted by atomic mass is 19.1. The van der Waals surface area contributed by atoms with Crippen LogP contribution >= 0.6 is 0 Å². The first kappa shape index (κ1) is 19.0. The molecule has 0 saturated carbocycles. The van der Waals surface area contributed by atoms with Gasteiger partial charge in [0.1, 0.15) is 11.6 Å². The molecule has 0 bridgehead atoms. The Morgan fingerprint density at radius 1 is 1.08 bits per heavy atom. The Labute approximate surface area is 149 Å². The summed E-state index contributed by atoms with van der Waals surface area (Å²) in [6, 6.07) is 14.1. The van der Waals surface area contributed by atoms with E-state index in [1.807, 2.05) is 24.3 Å². The number of carbonyl (C=O) groups is 1. The molecule has 0 aliphatic heterocycles. The fourth-order valence-electron chi connectivity index (χ4n) is 2.76. The van der Waals surface area contributed by atoms with Crippen LogP contribution in [-0.4, -0.2) is 13.0 Å². The van der Waals surface area contributed by atoms with Crippen molar-refractivity contribution in [2.45, 2.75) is 39.2 Å². The lowest BCUT2D eigenvalue weighted by Gasteiger charge is -2.21. The molecule has 134 valence electrons. The Balaban J connectivity index is 1.97. The molecule has 0 radical (unpaired) electrons. The van der Waals surface area contributed by atoms with Gasteiger partial charge in [0.25, 0.3) is 0 Å². The van der Waals surface area contributed by atoms with Gasteiger partial charge in [-0.15, -0.1) is 0 Å². The summed E-state index contributed by atoms with van der Waals surface area (Å²) in [7, 11) is 1.64. The monoisotopic (exact) mass is 343 g/mol. The third-order valence-corrected chi connectivity index (χ3v) is 4.11. The van der Waals surface area contributed by atoms with Crippen LogP contribution in [-0.2, 0) is 11.2 Å².